The third-order valence-corrected chi connectivity index (χ3v) is 7.62. The van der Waals surface area contributed by atoms with Gasteiger partial charge in [0.1, 0.15) is 12.6 Å². The van der Waals surface area contributed by atoms with Crippen molar-refractivity contribution in [2.45, 2.75) is 24.4 Å². The molecule has 1 N–H and O–H groups in total. The summed E-state index contributed by atoms with van der Waals surface area (Å²) < 4.78 is 28.1. The van der Waals surface area contributed by atoms with Crippen LogP contribution in [0.2, 0.25) is 5.02 Å². The molecular weight excluding hydrogens is 520 g/mol. The van der Waals surface area contributed by atoms with Crippen molar-refractivity contribution in [2.24, 2.45) is 0 Å². The van der Waals surface area contributed by atoms with Gasteiger partial charge in [0, 0.05) is 30.7 Å². The van der Waals surface area contributed by atoms with Crippen molar-refractivity contribution >= 4 is 44.8 Å². The fourth-order valence-electron chi connectivity index (χ4n) is 3.63. The monoisotopic (exact) mass is 544 g/mol. The molecule has 2 amide bonds. The first-order valence-electron chi connectivity index (χ1n) is 11.1. The van der Waals surface area contributed by atoms with Crippen LogP contribution in [-0.4, -0.2) is 49.7 Å². The van der Waals surface area contributed by atoms with Crippen molar-refractivity contribution in [3.63, 3.8) is 0 Å². The van der Waals surface area contributed by atoms with E-state index in [1.54, 1.807) is 30.3 Å². The summed E-state index contributed by atoms with van der Waals surface area (Å²) in [6, 6.07) is 18.2. The van der Waals surface area contributed by atoms with Crippen molar-refractivity contribution in [1.29, 1.82) is 0 Å². The summed E-state index contributed by atoms with van der Waals surface area (Å²) >= 11 is 6.08. The number of benzene rings is 3. The number of nitrogens with zero attached hydrogens (tertiary/aromatic N) is 3. The maximum absolute atomic E-state index is 13.6. The predicted octanol–water partition coefficient (Wildman–Crippen LogP) is 3.61. The second-order valence-electron chi connectivity index (χ2n) is 8.04. The summed E-state index contributed by atoms with van der Waals surface area (Å²) in [5.74, 6) is -1.15. The number of non-ortho nitro benzene ring substituents is 1. The van der Waals surface area contributed by atoms with Crippen molar-refractivity contribution in [3.05, 3.63) is 99.6 Å². The summed E-state index contributed by atoms with van der Waals surface area (Å²) in [4.78, 5) is 38.0. The Hall–Kier alpha value is -3.96. The van der Waals surface area contributed by atoms with Crippen LogP contribution >= 0.6 is 11.6 Å². The minimum absolute atomic E-state index is 0.0257. The number of halogens is 1. The van der Waals surface area contributed by atoms with Gasteiger partial charge < -0.3 is 10.2 Å². The van der Waals surface area contributed by atoms with E-state index in [0.717, 1.165) is 10.4 Å². The molecule has 0 aromatic heterocycles. The third kappa shape index (κ3) is 6.63. The molecule has 10 nitrogen and oxygen atoms in total. The SMILES string of the molecule is CNC(=O)[C@@H](C)N(Cc1cccc(Cl)c1)C(=O)CN(c1cccc([N+](=O)[O-])c1)S(=O)(=O)c1ccccc1. The number of hydrogen-bond acceptors (Lipinski definition) is 6. The van der Waals surface area contributed by atoms with E-state index in [9.17, 15) is 28.1 Å². The Morgan fingerprint density at radius 3 is 2.32 bits per heavy atom. The molecule has 0 aliphatic rings. The smallest absolute Gasteiger partial charge is 0.271 e. The van der Waals surface area contributed by atoms with E-state index in [1.165, 1.54) is 61.3 Å². The summed E-state index contributed by atoms with van der Waals surface area (Å²) in [7, 11) is -2.89. The number of hydrogen-bond donors (Lipinski definition) is 1. The Morgan fingerprint density at radius 1 is 1.03 bits per heavy atom. The maximum Gasteiger partial charge on any atom is 0.271 e. The Balaban J connectivity index is 2.07. The fraction of sp³-hybridized carbons (Fsp3) is 0.200. The summed E-state index contributed by atoms with van der Waals surface area (Å²) in [6.45, 7) is 0.785. The van der Waals surface area contributed by atoms with Gasteiger partial charge in [-0.1, -0.05) is 48.0 Å². The zero-order chi connectivity index (χ0) is 27.2. The number of anilines is 1. The molecule has 194 valence electrons. The number of rotatable bonds is 10. The van der Waals surface area contributed by atoms with E-state index in [2.05, 4.69) is 5.32 Å². The van der Waals surface area contributed by atoms with Gasteiger partial charge in [0.15, 0.2) is 0 Å². The molecular formula is C25H25ClN4O6S. The lowest BCUT2D eigenvalue weighted by molar-refractivity contribution is -0.384. The van der Waals surface area contributed by atoms with Gasteiger partial charge in [-0.05, 0) is 42.8 Å². The van der Waals surface area contributed by atoms with E-state index in [0.29, 0.717) is 10.6 Å². The average molecular weight is 545 g/mol. The highest BCUT2D eigenvalue weighted by molar-refractivity contribution is 7.92. The highest BCUT2D eigenvalue weighted by Crippen LogP contribution is 2.27. The third-order valence-electron chi connectivity index (χ3n) is 5.59. The van der Waals surface area contributed by atoms with Gasteiger partial charge in [0.05, 0.1) is 15.5 Å². The number of nitro benzene ring substituents is 1. The van der Waals surface area contributed by atoms with Crippen LogP contribution in [0.25, 0.3) is 0 Å². The molecule has 0 spiro atoms. The molecule has 1 atom stereocenters. The van der Waals surface area contributed by atoms with Crippen molar-refractivity contribution in [2.75, 3.05) is 17.9 Å². The second kappa shape index (κ2) is 11.8. The second-order valence-corrected chi connectivity index (χ2v) is 10.3. The van der Waals surface area contributed by atoms with Crippen LogP contribution in [0.1, 0.15) is 12.5 Å². The normalized spacial score (nSPS) is 11.9. The number of nitro groups is 1. The van der Waals surface area contributed by atoms with Crippen molar-refractivity contribution in [1.82, 2.24) is 10.2 Å². The van der Waals surface area contributed by atoms with Gasteiger partial charge in [-0.2, -0.15) is 0 Å². The van der Waals surface area contributed by atoms with Gasteiger partial charge >= 0.3 is 0 Å². The molecule has 0 fully saturated rings. The molecule has 12 heteroatoms. The largest absolute Gasteiger partial charge is 0.357 e. The molecule has 3 aromatic rings. The lowest BCUT2D eigenvalue weighted by Gasteiger charge is -2.31. The quantitative estimate of drug-likeness (QED) is 0.306. The first-order chi connectivity index (χ1) is 17.5. The zero-order valence-corrected chi connectivity index (χ0v) is 21.6. The topological polar surface area (TPSA) is 130 Å². The predicted molar refractivity (Wildman–Crippen MR) is 140 cm³/mol. The van der Waals surface area contributed by atoms with Gasteiger partial charge in [-0.25, -0.2) is 8.42 Å². The highest BCUT2D eigenvalue weighted by Gasteiger charge is 2.32. The molecule has 0 heterocycles. The molecule has 0 saturated carbocycles. The van der Waals surface area contributed by atoms with Crippen LogP contribution in [0.15, 0.2) is 83.8 Å². The minimum Gasteiger partial charge on any atom is -0.357 e. The van der Waals surface area contributed by atoms with E-state index >= 15 is 0 Å². The van der Waals surface area contributed by atoms with Crippen LogP contribution in [0.5, 0.6) is 0 Å². The van der Waals surface area contributed by atoms with Crippen LogP contribution < -0.4 is 9.62 Å². The van der Waals surface area contributed by atoms with Crippen LogP contribution in [0.4, 0.5) is 11.4 Å². The van der Waals surface area contributed by atoms with E-state index in [-0.39, 0.29) is 22.8 Å². The Labute approximate surface area is 219 Å². The fourth-order valence-corrected chi connectivity index (χ4v) is 5.27. The van der Waals surface area contributed by atoms with E-state index in [4.69, 9.17) is 11.6 Å². The number of sulfonamides is 1. The number of carbonyl (C=O) groups is 2. The lowest BCUT2D eigenvalue weighted by Crippen LogP contribution is -2.50. The highest BCUT2D eigenvalue weighted by atomic mass is 35.5. The molecule has 37 heavy (non-hydrogen) atoms. The number of nitrogens with one attached hydrogen (secondary N) is 1. The standard InChI is InChI=1S/C25H25ClN4O6S/c1-18(25(32)27-2)28(16-19-8-6-9-20(26)14-19)24(31)17-29(21-10-7-11-22(15-21)30(33)34)37(35,36)23-12-4-3-5-13-23/h3-15,18H,16-17H2,1-2H3,(H,27,32)/t18-/m1/s1. The number of carbonyl (C=O) groups excluding carboxylic acids is 2. The van der Waals surface area contributed by atoms with E-state index in [1.807, 2.05) is 0 Å². The van der Waals surface area contributed by atoms with Crippen LogP contribution in [-0.2, 0) is 26.2 Å². The molecule has 0 bridgehead atoms. The molecule has 0 radical (unpaired) electrons. The van der Waals surface area contributed by atoms with Gasteiger partial charge in [-0.15, -0.1) is 0 Å². The molecule has 0 aliphatic carbocycles. The molecule has 0 saturated heterocycles. The summed E-state index contributed by atoms with van der Waals surface area (Å²) in [6.07, 6.45) is 0. The number of likely N-dealkylation sites (N-methyl/N-ethyl adjacent to an activating group) is 1. The minimum atomic E-state index is -4.31. The van der Waals surface area contributed by atoms with Gasteiger partial charge in [0.2, 0.25) is 11.8 Å². The molecule has 0 aliphatic heterocycles. The molecule has 0 unspecified atom stereocenters. The summed E-state index contributed by atoms with van der Waals surface area (Å²) in [5.41, 5.74) is 0.221. The van der Waals surface area contributed by atoms with Crippen LogP contribution in [0.3, 0.4) is 0 Å². The van der Waals surface area contributed by atoms with Gasteiger partial charge in [0.25, 0.3) is 15.7 Å². The van der Waals surface area contributed by atoms with Crippen molar-refractivity contribution < 1.29 is 22.9 Å². The first kappa shape index (κ1) is 27.6. The average Bonchev–Trinajstić information content (AvgIpc) is 2.89. The van der Waals surface area contributed by atoms with Crippen molar-refractivity contribution in [3.8, 4) is 0 Å². The number of amides is 2. The Kier molecular flexibility index (Phi) is 8.85. The van der Waals surface area contributed by atoms with Gasteiger partial charge in [-0.3, -0.25) is 24.0 Å². The Morgan fingerprint density at radius 2 is 1.70 bits per heavy atom. The molecule has 3 rings (SSSR count). The first-order valence-corrected chi connectivity index (χ1v) is 12.9. The van der Waals surface area contributed by atoms with E-state index < -0.39 is 39.3 Å². The van der Waals surface area contributed by atoms with Crippen LogP contribution in [0, 0.1) is 10.1 Å². The lowest BCUT2D eigenvalue weighted by atomic mass is 10.1. The Bertz CT molecular complexity index is 1400. The molecule has 3 aromatic carbocycles. The zero-order valence-electron chi connectivity index (χ0n) is 20.1. The maximum atomic E-state index is 13.6. The summed E-state index contributed by atoms with van der Waals surface area (Å²) in [5, 5.41) is 14.3.